The van der Waals surface area contributed by atoms with Gasteiger partial charge in [0.25, 0.3) is 0 Å². The van der Waals surface area contributed by atoms with Crippen molar-refractivity contribution >= 4 is 17.7 Å². The molecule has 4 heteroatoms. The van der Waals surface area contributed by atoms with Gasteiger partial charge in [0.15, 0.2) is 0 Å². The lowest BCUT2D eigenvalue weighted by atomic mass is 10.2. The van der Waals surface area contributed by atoms with Gasteiger partial charge in [-0.1, -0.05) is 36.8 Å². The SMILES string of the molecule is CCNC(CSCc1cccc(C)c1)C(=O)OCC. The summed E-state index contributed by atoms with van der Waals surface area (Å²) in [7, 11) is 0. The van der Waals surface area contributed by atoms with E-state index in [1.54, 1.807) is 11.8 Å². The smallest absolute Gasteiger partial charge is 0.323 e. The maximum absolute atomic E-state index is 11.7. The zero-order valence-corrected chi connectivity index (χ0v) is 12.8. The molecule has 0 aliphatic heterocycles. The highest BCUT2D eigenvalue weighted by molar-refractivity contribution is 7.98. The van der Waals surface area contributed by atoms with Gasteiger partial charge in [0.1, 0.15) is 6.04 Å². The molecule has 0 aliphatic carbocycles. The van der Waals surface area contributed by atoms with Crippen molar-refractivity contribution in [3.63, 3.8) is 0 Å². The van der Waals surface area contributed by atoms with Gasteiger partial charge in [0.05, 0.1) is 6.61 Å². The van der Waals surface area contributed by atoms with E-state index in [0.717, 1.165) is 18.1 Å². The molecule has 1 unspecified atom stereocenters. The fraction of sp³-hybridized carbons (Fsp3) is 0.533. The molecular formula is C15H23NO2S. The molecule has 19 heavy (non-hydrogen) atoms. The van der Waals surface area contributed by atoms with Crippen molar-refractivity contribution in [1.29, 1.82) is 0 Å². The van der Waals surface area contributed by atoms with E-state index in [1.807, 2.05) is 13.8 Å². The number of ether oxygens (including phenoxy) is 1. The lowest BCUT2D eigenvalue weighted by Crippen LogP contribution is -2.40. The fourth-order valence-corrected chi connectivity index (χ4v) is 2.82. The second-order valence-electron chi connectivity index (χ2n) is 4.37. The Kier molecular flexibility index (Phi) is 7.60. The van der Waals surface area contributed by atoms with Gasteiger partial charge in [-0.2, -0.15) is 11.8 Å². The minimum atomic E-state index is -0.209. The Morgan fingerprint density at radius 2 is 2.21 bits per heavy atom. The zero-order chi connectivity index (χ0) is 14.1. The Hall–Kier alpha value is -1.00. The van der Waals surface area contributed by atoms with Crippen LogP contribution in [0.1, 0.15) is 25.0 Å². The summed E-state index contributed by atoms with van der Waals surface area (Å²) in [5.41, 5.74) is 2.57. The molecule has 0 saturated carbocycles. The van der Waals surface area contributed by atoms with Gasteiger partial charge >= 0.3 is 5.97 Å². The average molecular weight is 281 g/mol. The molecule has 0 heterocycles. The van der Waals surface area contributed by atoms with E-state index in [9.17, 15) is 4.79 Å². The summed E-state index contributed by atoms with van der Waals surface area (Å²) in [6.45, 7) is 7.13. The van der Waals surface area contributed by atoms with Crippen LogP contribution in [0.4, 0.5) is 0 Å². The number of carbonyl (C=O) groups is 1. The van der Waals surface area contributed by atoms with Crippen LogP contribution in [0.2, 0.25) is 0 Å². The highest BCUT2D eigenvalue weighted by Crippen LogP contribution is 2.14. The molecule has 1 aromatic rings. The topological polar surface area (TPSA) is 38.3 Å². The van der Waals surface area contributed by atoms with Crippen molar-refractivity contribution in [2.75, 3.05) is 18.9 Å². The van der Waals surface area contributed by atoms with Crippen LogP contribution in [-0.4, -0.2) is 30.9 Å². The summed E-state index contributed by atoms with van der Waals surface area (Å²) in [5, 5.41) is 3.17. The highest BCUT2D eigenvalue weighted by atomic mass is 32.2. The number of thioether (sulfide) groups is 1. The lowest BCUT2D eigenvalue weighted by Gasteiger charge is -2.15. The largest absolute Gasteiger partial charge is 0.465 e. The first-order chi connectivity index (χ1) is 9.17. The van der Waals surface area contributed by atoms with Crippen LogP contribution in [0.3, 0.4) is 0 Å². The third-order valence-electron chi connectivity index (χ3n) is 2.66. The lowest BCUT2D eigenvalue weighted by molar-refractivity contribution is -0.144. The van der Waals surface area contributed by atoms with Crippen molar-refractivity contribution in [3.8, 4) is 0 Å². The van der Waals surface area contributed by atoms with Crippen molar-refractivity contribution in [2.24, 2.45) is 0 Å². The van der Waals surface area contributed by atoms with Gasteiger partial charge in [-0.15, -0.1) is 0 Å². The van der Waals surface area contributed by atoms with Gasteiger partial charge in [-0.05, 0) is 26.0 Å². The molecule has 1 aromatic carbocycles. The summed E-state index contributed by atoms with van der Waals surface area (Å²) in [5.74, 6) is 1.50. The number of likely N-dealkylation sites (N-methyl/N-ethyl adjacent to an activating group) is 1. The number of nitrogens with one attached hydrogen (secondary N) is 1. The monoisotopic (exact) mass is 281 g/mol. The minimum absolute atomic E-state index is 0.152. The van der Waals surface area contributed by atoms with Gasteiger partial charge in [-0.3, -0.25) is 4.79 Å². The molecule has 1 N–H and O–H groups in total. The number of rotatable bonds is 8. The quantitative estimate of drug-likeness (QED) is 0.744. The summed E-state index contributed by atoms with van der Waals surface area (Å²) < 4.78 is 5.06. The Balaban J connectivity index is 2.41. The van der Waals surface area contributed by atoms with Crippen molar-refractivity contribution in [2.45, 2.75) is 32.6 Å². The average Bonchev–Trinajstić information content (AvgIpc) is 2.38. The van der Waals surface area contributed by atoms with Crippen LogP contribution in [0, 0.1) is 6.92 Å². The zero-order valence-electron chi connectivity index (χ0n) is 11.9. The van der Waals surface area contributed by atoms with Crippen molar-refractivity contribution < 1.29 is 9.53 Å². The number of benzene rings is 1. The van der Waals surface area contributed by atoms with E-state index in [2.05, 4.69) is 36.5 Å². The standard InChI is InChI=1S/C15H23NO2S/c1-4-16-14(15(17)18-5-2)11-19-10-13-8-6-7-12(3)9-13/h6-9,14,16H,4-5,10-11H2,1-3H3. The van der Waals surface area contributed by atoms with Gasteiger partial charge in [0.2, 0.25) is 0 Å². The predicted octanol–water partition coefficient (Wildman–Crippen LogP) is 2.77. The molecule has 0 radical (unpaired) electrons. The highest BCUT2D eigenvalue weighted by Gasteiger charge is 2.18. The molecule has 106 valence electrons. The van der Waals surface area contributed by atoms with E-state index in [1.165, 1.54) is 11.1 Å². The first kappa shape index (κ1) is 16.1. The summed E-state index contributed by atoms with van der Waals surface area (Å²) >= 11 is 1.75. The third kappa shape index (κ3) is 6.12. The molecule has 0 amide bonds. The number of carbonyl (C=O) groups excluding carboxylic acids is 1. The molecule has 0 aliphatic rings. The van der Waals surface area contributed by atoms with Gasteiger partial charge in [-0.25, -0.2) is 0 Å². The summed E-state index contributed by atoms with van der Waals surface area (Å²) in [6, 6.07) is 8.25. The number of hydrogen-bond acceptors (Lipinski definition) is 4. The Bertz CT molecular complexity index is 395. The molecule has 0 aromatic heterocycles. The summed E-state index contributed by atoms with van der Waals surface area (Å²) in [6.07, 6.45) is 0. The van der Waals surface area contributed by atoms with Crippen LogP contribution in [0.5, 0.6) is 0 Å². The van der Waals surface area contributed by atoms with E-state index in [4.69, 9.17) is 4.74 Å². The van der Waals surface area contributed by atoms with Crippen molar-refractivity contribution in [3.05, 3.63) is 35.4 Å². The van der Waals surface area contributed by atoms with Crippen LogP contribution in [-0.2, 0) is 15.3 Å². The maximum atomic E-state index is 11.7. The normalized spacial score (nSPS) is 12.2. The third-order valence-corrected chi connectivity index (χ3v) is 3.76. The first-order valence-corrected chi connectivity index (χ1v) is 7.86. The molecule has 3 nitrogen and oxygen atoms in total. The van der Waals surface area contributed by atoms with Crippen LogP contribution >= 0.6 is 11.8 Å². The van der Waals surface area contributed by atoms with Crippen molar-refractivity contribution in [1.82, 2.24) is 5.32 Å². The molecule has 0 saturated heterocycles. The van der Waals surface area contributed by atoms with E-state index in [0.29, 0.717) is 6.61 Å². The van der Waals surface area contributed by atoms with Crippen LogP contribution in [0.15, 0.2) is 24.3 Å². The van der Waals surface area contributed by atoms with E-state index < -0.39 is 0 Å². The van der Waals surface area contributed by atoms with E-state index >= 15 is 0 Å². The molecule has 0 spiro atoms. The van der Waals surface area contributed by atoms with Crippen LogP contribution < -0.4 is 5.32 Å². The second-order valence-corrected chi connectivity index (χ2v) is 5.40. The van der Waals surface area contributed by atoms with Gasteiger partial charge < -0.3 is 10.1 Å². The Morgan fingerprint density at radius 1 is 1.42 bits per heavy atom. The minimum Gasteiger partial charge on any atom is -0.465 e. The van der Waals surface area contributed by atoms with E-state index in [-0.39, 0.29) is 12.0 Å². The number of aryl methyl sites for hydroxylation is 1. The first-order valence-electron chi connectivity index (χ1n) is 6.70. The Morgan fingerprint density at radius 3 is 2.84 bits per heavy atom. The predicted molar refractivity (Wildman–Crippen MR) is 81.4 cm³/mol. The number of esters is 1. The van der Waals surface area contributed by atoms with Gasteiger partial charge in [0, 0.05) is 11.5 Å². The molecule has 1 atom stereocenters. The molecular weight excluding hydrogens is 258 g/mol. The summed E-state index contributed by atoms with van der Waals surface area (Å²) in [4.78, 5) is 11.7. The number of hydrogen-bond donors (Lipinski definition) is 1. The molecule has 0 bridgehead atoms. The fourth-order valence-electron chi connectivity index (χ4n) is 1.80. The second kappa shape index (κ2) is 8.99. The molecule has 1 rings (SSSR count). The molecule has 0 fully saturated rings. The maximum Gasteiger partial charge on any atom is 0.323 e. The Labute approximate surface area is 120 Å². The van der Waals surface area contributed by atoms with Crippen LogP contribution in [0.25, 0.3) is 0 Å².